The van der Waals surface area contributed by atoms with Crippen LogP contribution in [-0.2, 0) is 4.79 Å². The Morgan fingerprint density at radius 3 is 2.84 bits per heavy atom. The first-order valence-corrected chi connectivity index (χ1v) is 6.22. The van der Waals surface area contributed by atoms with Crippen LogP contribution in [0.1, 0.15) is 32.3 Å². The molecule has 0 saturated carbocycles. The predicted molar refractivity (Wildman–Crippen MR) is 73.1 cm³/mol. The highest BCUT2D eigenvalue weighted by Gasteiger charge is 2.08. The quantitative estimate of drug-likeness (QED) is 0.820. The maximum atomic E-state index is 13.2. The molecule has 102 valence electrons. The van der Waals surface area contributed by atoms with Gasteiger partial charge in [0.05, 0.1) is 17.9 Å². The maximum absolute atomic E-state index is 13.2. The van der Waals surface area contributed by atoms with Crippen molar-refractivity contribution in [2.75, 3.05) is 11.9 Å². The van der Waals surface area contributed by atoms with Gasteiger partial charge in [-0.3, -0.25) is 4.79 Å². The summed E-state index contributed by atoms with van der Waals surface area (Å²) in [6.45, 7) is 3.86. The molecule has 2 N–H and O–H groups in total. The molecule has 0 radical (unpaired) electrons. The first-order chi connectivity index (χ1) is 9.02. The zero-order valence-electron chi connectivity index (χ0n) is 11.2. The third-order valence-electron chi connectivity index (χ3n) is 2.31. The Labute approximate surface area is 112 Å². The fraction of sp³-hybridized carbons (Fsp3) is 0.400. The van der Waals surface area contributed by atoms with Crippen molar-refractivity contribution in [2.24, 2.45) is 5.92 Å². The highest BCUT2D eigenvalue weighted by Crippen LogP contribution is 2.17. The molecule has 3 nitrogen and oxygen atoms in total. The van der Waals surface area contributed by atoms with Gasteiger partial charge < -0.3 is 10.4 Å². The second-order valence-corrected chi connectivity index (χ2v) is 4.61. The zero-order chi connectivity index (χ0) is 14.3. The van der Waals surface area contributed by atoms with Gasteiger partial charge in [-0.1, -0.05) is 25.7 Å². The van der Waals surface area contributed by atoms with E-state index >= 15 is 0 Å². The summed E-state index contributed by atoms with van der Waals surface area (Å²) in [6.07, 6.45) is 0.719. The van der Waals surface area contributed by atoms with Crippen molar-refractivity contribution in [3.05, 3.63) is 29.6 Å². The Morgan fingerprint density at radius 2 is 2.21 bits per heavy atom. The molecule has 1 rings (SSSR count). The monoisotopic (exact) mass is 263 g/mol. The summed E-state index contributed by atoms with van der Waals surface area (Å²) >= 11 is 0. The second kappa shape index (κ2) is 7.55. The van der Waals surface area contributed by atoms with Crippen molar-refractivity contribution in [3.63, 3.8) is 0 Å². The maximum Gasteiger partial charge on any atom is 0.224 e. The van der Waals surface area contributed by atoms with E-state index in [1.807, 2.05) is 13.8 Å². The molecular formula is C15H18FNO2. The lowest BCUT2D eigenvalue weighted by Gasteiger charge is -2.09. The van der Waals surface area contributed by atoms with Gasteiger partial charge in [-0.2, -0.15) is 0 Å². The molecule has 0 unspecified atom stereocenters. The van der Waals surface area contributed by atoms with E-state index in [1.165, 1.54) is 18.2 Å². The summed E-state index contributed by atoms with van der Waals surface area (Å²) in [5.41, 5.74) is 0.919. The predicted octanol–water partition coefficient (Wildman–Crippen LogP) is 2.54. The van der Waals surface area contributed by atoms with Gasteiger partial charge in [-0.05, 0) is 24.1 Å². The van der Waals surface area contributed by atoms with Gasteiger partial charge in [-0.15, -0.1) is 0 Å². The molecule has 1 aromatic carbocycles. The Hall–Kier alpha value is -1.86. The molecule has 4 heteroatoms. The molecule has 0 aromatic heterocycles. The molecular weight excluding hydrogens is 245 g/mol. The number of carbonyl (C=O) groups excluding carboxylic acids is 1. The van der Waals surface area contributed by atoms with Crippen LogP contribution in [0.3, 0.4) is 0 Å². The summed E-state index contributed by atoms with van der Waals surface area (Å²) in [7, 11) is 0. The number of aliphatic hydroxyl groups is 1. The molecule has 0 atom stereocenters. The standard InChI is InChI=1S/C15H18FNO2/c1-11(2)9-15(19)17-14-7-6-13(16)10-12(14)5-3-4-8-18/h6-7,10-11,18H,4,8-9H2,1-2H3,(H,17,19). The van der Waals surface area contributed by atoms with Gasteiger partial charge in [0.1, 0.15) is 5.82 Å². The van der Waals surface area contributed by atoms with Gasteiger partial charge in [0.2, 0.25) is 5.91 Å². The van der Waals surface area contributed by atoms with E-state index in [9.17, 15) is 9.18 Å². The van der Waals surface area contributed by atoms with E-state index in [2.05, 4.69) is 17.2 Å². The van der Waals surface area contributed by atoms with Gasteiger partial charge in [0.25, 0.3) is 0 Å². The van der Waals surface area contributed by atoms with Crippen LogP contribution in [0.15, 0.2) is 18.2 Å². The first-order valence-electron chi connectivity index (χ1n) is 6.22. The van der Waals surface area contributed by atoms with Crippen LogP contribution in [0.2, 0.25) is 0 Å². The largest absolute Gasteiger partial charge is 0.395 e. The summed E-state index contributed by atoms with van der Waals surface area (Å²) in [5, 5.41) is 11.4. The number of hydrogen-bond donors (Lipinski definition) is 2. The number of benzene rings is 1. The number of hydrogen-bond acceptors (Lipinski definition) is 2. The van der Waals surface area contributed by atoms with Crippen molar-refractivity contribution in [3.8, 4) is 11.8 Å². The summed E-state index contributed by atoms with van der Waals surface area (Å²) in [4.78, 5) is 11.7. The number of aliphatic hydroxyl groups excluding tert-OH is 1. The first kappa shape index (κ1) is 15.2. The lowest BCUT2D eigenvalue weighted by molar-refractivity contribution is -0.116. The highest BCUT2D eigenvalue weighted by atomic mass is 19.1. The Morgan fingerprint density at radius 1 is 1.47 bits per heavy atom. The molecule has 0 fully saturated rings. The van der Waals surface area contributed by atoms with Gasteiger partial charge in [0.15, 0.2) is 0 Å². The molecule has 0 spiro atoms. The second-order valence-electron chi connectivity index (χ2n) is 4.61. The fourth-order valence-electron chi connectivity index (χ4n) is 1.51. The van der Waals surface area contributed by atoms with Crippen molar-refractivity contribution in [2.45, 2.75) is 26.7 Å². The lowest BCUT2D eigenvalue weighted by Crippen LogP contribution is -2.14. The van der Waals surface area contributed by atoms with E-state index in [1.54, 1.807) is 0 Å². The third-order valence-corrected chi connectivity index (χ3v) is 2.31. The summed E-state index contributed by atoms with van der Waals surface area (Å²) in [6, 6.07) is 4.05. The Kier molecular flexibility index (Phi) is 6.04. The molecule has 0 heterocycles. The highest BCUT2D eigenvalue weighted by molar-refractivity contribution is 5.92. The van der Waals surface area contributed by atoms with Crippen molar-refractivity contribution in [1.29, 1.82) is 0 Å². The van der Waals surface area contributed by atoms with Crippen LogP contribution < -0.4 is 5.32 Å². The normalized spacial score (nSPS) is 9.95. The van der Waals surface area contributed by atoms with E-state index in [-0.39, 0.29) is 18.4 Å². The van der Waals surface area contributed by atoms with Gasteiger partial charge in [0, 0.05) is 12.8 Å². The summed E-state index contributed by atoms with van der Waals surface area (Å²) < 4.78 is 13.2. The minimum atomic E-state index is -0.407. The van der Waals surface area contributed by atoms with E-state index < -0.39 is 5.82 Å². The van der Waals surface area contributed by atoms with E-state index in [0.717, 1.165) is 0 Å². The van der Waals surface area contributed by atoms with Crippen molar-refractivity contribution in [1.82, 2.24) is 0 Å². The molecule has 19 heavy (non-hydrogen) atoms. The number of anilines is 1. The molecule has 0 bridgehead atoms. The SMILES string of the molecule is CC(C)CC(=O)Nc1ccc(F)cc1C#CCCO. The van der Waals surface area contributed by atoms with Crippen LogP contribution in [0.25, 0.3) is 0 Å². The molecule has 0 aliphatic heterocycles. The van der Waals surface area contributed by atoms with E-state index in [4.69, 9.17) is 5.11 Å². The minimum Gasteiger partial charge on any atom is -0.395 e. The minimum absolute atomic E-state index is 0.0443. The Balaban J connectivity index is 2.88. The summed E-state index contributed by atoms with van der Waals surface area (Å²) in [5.74, 6) is 5.19. The average molecular weight is 263 g/mol. The van der Waals surface area contributed by atoms with Crippen LogP contribution in [0.5, 0.6) is 0 Å². The van der Waals surface area contributed by atoms with Crippen LogP contribution in [0.4, 0.5) is 10.1 Å². The number of carbonyl (C=O) groups is 1. The Bertz CT molecular complexity index is 501. The molecule has 1 aromatic rings. The number of rotatable bonds is 4. The number of amides is 1. The van der Waals surface area contributed by atoms with Crippen LogP contribution in [-0.4, -0.2) is 17.6 Å². The molecule has 0 saturated heterocycles. The van der Waals surface area contributed by atoms with Crippen molar-refractivity contribution < 1.29 is 14.3 Å². The molecule has 0 aliphatic carbocycles. The number of halogens is 1. The lowest BCUT2D eigenvalue weighted by atomic mass is 10.1. The smallest absolute Gasteiger partial charge is 0.224 e. The molecule has 1 amide bonds. The average Bonchev–Trinajstić information content (AvgIpc) is 2.32. The topological polar surface area (TPSA) is 49.3 Å². The van der Waals surface area contributed by atoms with E-state index in [0.29, 0.717) is 24.1 Å². The van der Waals surface area contributed by atoms with Crippen molar-refractivity contribution >= 4 is 11.6 Å². The zero-order valence-corrected chi connectivity index (χ0v) is 11.2. The van der Waals surface area contributed by atoms with Crippen LogP contribution in [0, 0.1) is 23.6 Å². The molecule has 0 aliphatic rings. The number of nitrogens with one attached hydrogen (secondary N) is 1. The van der Waals surface area contributed by atoms with Crippen LogP contribution >= 0.6 is 0 Å². The fourth-order valence-corrected chi connectivity index (χ4v) is 1.51. The van der Waals surface area contributed by atoms with Gasteiger partial charge in [-0.25, -0.2) is 4.39 Å². The third kappa shape index (κ3) is 5.54. The van der Waals surface area contributed by atoms with Gasteiger partial charge >= 0.3 is 0 Å².